The Morgan fingerprint density at radius 2 is 1.77 bits per heavy atom. The molecular formula is C16H13BrN2O2S. The maximum absolute atomic E-state index is 11.5. The molecule has 112 valence electrons. The molecule has 0 atom stereocenters. The predicted molar refractivity (Wildman–Crippen MR) is 92.3 cm³/mol. The zero-order valence-electron chi connectivity index (χ0n) is 11.7. The lowest BCUT2D eigenvalue weighted by molar-refractivity contribution is 0.602. The third kappa shape index (κ3) is 3.13. The van der Waals surface area contributed by atoms with Crippen LogP contribution in [0.2, 0.25) is 0 Å². The molecule has 0 amide bonds. The quantitative estimate of drug-likeness (QED) is 0.745. The number of sulfone groups is 1. The van der Waals surface area contributed by atoms with E-state index in [1.807, 2.05) is 24.3 Å². The van der Waals surface area contributed by atoms with Gasteiger partial charge in [-0.25, -0.2) is 13.4 Å². The SMILES string of the molecule is CS(=O)(=O)c1ccc(Nc2nccc3cc(Br)ccc23)cc1. The predicted octanol–water partition coefficient (Wildman–Crippen LogP) is 4.14. The summed E-state index contributed by atoms with van der Waals surface area (Å²) in [5, 5.41) is 5.29. The molecule has 22 heavy (non-hydrogen) atoms. The van der Waals surface area contributed by atoms with Gasteiger partial charge < -0.3 is 5.32 Å². The van der Waals surface area contributed by atoms with E-state index in [2.05, 4.69) is 26.2 Å². The van der Waals surface area contributed by atoms with Gasteiger partial charge in [-0.1, -0.05) is 15.9 Å². The highest BCUT2D eigenvalue weighted by molar-refractivity contribution is 9.10. The monoisotopic (exact) mass is 376 g/mol. The van der Waals surface area contributed by atoms with Crippen LogP contribution in [-0.4, -0.2) is 19.7 Å². The zero-order valence-corrected chi connectivity index (χ0v) is 14.1. The molecule has 0 radical (unpaired) electrons. The molecule has 3 rings (SSSR count). The Morgan fingerprint density at radius 1 is 1.05 bits per heavy atom. The maximum atomic E-state index is 11.5. The van der Waals surface area contributed by atoms with E-state index in [-0.39, 0.29) is 0 Å². The highest BCUT2D eigenvalue weighted by Crippen LogP contribution is 2.27. The third-order valence-electron chi connectivity index (χ3n) is 3.27. The van der Waals surface area contributed by atoms with Crippen molar-refractivity contribution in [3.8, 4) is 0 Å². The van der Waals surface area contributed by atoms with Crippen LogP contribution >= 0.6 is 15.9 Å². The fourth-order valence-corrected chi connectivity index (χ4v) is 3.18. The van der Waals surface area contributed by atoms with Crippen molar-refractivity contribution in [2.75, 3.05) is 11.6 Å². The summed E-state index contributed by atoms with van der Waals surface area (Å²) in [5.41, 5.74) is 0.787. The molecule has 6 heteroatoms. The first-order chi connectivity index (χ1) is 10.4. The molecule has 0 aliphatic rings. The second-order valence-corrected chi connectivity index (χ2v) is 7.88. The Morgan fingerprint density at radius 3 is 2.45 bits per heavy atom. The molecular weight excluding hydrogens is 364 g/mol. The average Bonchev–Trinajstić information content (AvgIpc) is 2.47. The summed E-state index contributed by atoms with van der Waals surface area (Å²) < 4.78 is 24.0. The summed E-state index contributed by atoms with van der Waals surface area (Å²) in [7, 11) is -3.18. The van der Waals surface area contributed by atoms with Gasteiger partial charge in [0.1, 0.15) is 5.82 Å². The lowest BCUT2D eigenvalue weighted by Gasteiger charge is -2.09. The van der Waals surface area contributed by atoms with Crippen molar-refractivity contribution in [2.45, 2.75) is 4.90 Å². The Hall–Kier alpha value is -1.92. The minimum atomic E-state index is -3.18. The molecule has 0 spiro atoms. The fourth-order valence-electron chi connectivity index (χ4n) is 2.17. The average molecular weight is 377 g/mol. The highest BCUT2D eigenvalue weighted by Gasteiger charge is 2.07. The van der Waals surface area contributed by atoms with Crippen LogP contribution in [0.3, 0.4) is 0 Å². The van der Waals surface area contributed by atoms with E-state index in [9.17, 15) is 8.42 Å². The van der Waals surface area contributed by atoms with E-state index in [0.717, 1.165) is 26.8 Å². The van der Waals surface area contributed by atoms with Crippen LogP contribution in [0.25, 0.3) is 10.8 Å². The number of nitrogens with one attached hydrogen (secondary N) is 1. The first-order valence-corrected chi connectivity index (χ1v) is 9.23. The van der Waals surface area contributed by atoms with E-state index in [1.54, 1.807) is 30.5 Å². The number of pyridine rings is 1. The number of hydrogen-bond donors (Lipinski definition) is 1. The van der Waals surface area contributed by atoms with Gasteiger partial charge in [0.2, 0.25) is 0 Å². The van der Waals surface area contributed by atoms with Crippen molar-refractivity contribution in [1.82, 2.24) is 4.98 Å². The van der Waals surface area contributed by atoms with Crippen molar-refractivity contribution in [3.05, 3.63) is 59.2 Å². The molecule has 1 N–H and O–H groups in total. The van der Waals surface area contributed by atoms with E-state index >= 15 is 0 Å². The van der Waals surface area contributed by atoms with E-state index in [0.29, 0.717) is 4.90 Å². The Balaban J connectivity index is 1.96. The zero-order chi connectivity index (χ0) is 15.7. The molecule has 3 aromatic rings. The molecule has 1 heterocycles. The number of anilines is 2. The summed E-state index contributed by atoms with van der Waals surface area (Å²) in [6, 6.07) is 14.5. The van der Waals surface area contributed by atoms with Gasteiger partial charge in [-0.05, 0) is 53.9 Å². The van der Waals surface area contributed by atoms with Crippen molar-refractivity contribution in [3.63, 3.8) is 0 Å². The van der Waals surface area contributed by atoms with Crippen LogP contribution in [0.5, 0.6) is 0 Å². The fraction of sp³-hybridized carbons (Fsp3) is 0.0625. The molecule has 0 saturated carbocycles. The molecule has 0 unspecified atom stereocenters. The second kappa shape index (κ2) is 5.70. The Kier molecular flexibility index (Phi) is 3.88. The number of nitrogens with zero attached hydrogens (tertiary/aromatic N) is 1. The number of benzene rings is 2. The summed E-state index contributed by atoms with van der Waals surface area (Å²) in [4.78, 5) is 4.66. The topological polar surface area (TPSA) is 59.1 Å². The van der Waals surface area contributed by atoms with Crippen LogP contribution in [-0.2, 0) is 9.84 Å². The van der Waals surface area contributed by atoms with Crippen LogP contribution < -0.4 is 5.32 Å². The number of hydrogen-bond acceptors (Lipinski definition) is 4. The number of aromatic nitrogens is 1. The van der Waals surface area contributed by atoms with Gasteiger partial charge in [0.25, 0.3) is 0 Å². The van der Waals surface area contributed by atoms with Crippen molar-refractivity contribution >= 4 is 48.0 Å². The molecule has 0 saturated heterocycles. The van der Waals surface area contributed by atoms with Gasteiger partial charge in [-0.3, -0.25) is 0 Å². The standard InChI is InChI=1S/C16H13BrN2O2S/c1-22(20,21)14-5-3-13(4-6-14)19-16-15-7-2-12(17)10-11(15)8-9-18-16/h2-10H,1H3,(H,18,19). The first kappa shape index (κ1) is 15.0. The third-order valence-corrected chi connectivity index (χ3v) is 4.89. The highest BCUT2D eigenvalue weighted by atomic mass is 79.9. The second-order valence-electron chi connectivity index (χ2n) is 4.95. The molecule has 2 aromatic carbocycles. The summed E-state index contributed by atoms with van der Waals surface area (Å²) in [5.74, 6) is 0.733. The largest absolute Gasteiger partial charge is 0.340 e. The first-order valence-electron chi connectivity index (χ1n) is 6.55. The van der Waals surface area contributed by atoms with Gasteiger partial charge in [0.05, 0.1) is 4.90 Å². The maximum Gasteiger partial charge on any atom is 0.175 e. The Labute approximate surface area is 137 Å². The molecule has 4 nitrogen and oxygen atoms in total. The van der Waals surface area contributed by atoms with Crippen LogP contribution in [0.15, 0.2) is 64.1 Å². The Bertz CT molecular complexity index is 938. The molecule has 1 aromatic heterocycles. The van der Waals surface area contributed by atoms with Crippen LogP contribution in [0.4, 0.5) is 11.5 Å². The van der Waals surface area contributed by atoms with Gasteiger partial charge in [-0.2, -0.15) is 0 Å². The van der Waals surface area contributed by atoms with E-state index in [4.69, 9.17) is 0 Å². The summed E-state index contributed by atoms with van der Waals surface area (Å²) in [6.45, 7) is 0. The van der Waals surface area contributed by atoms with Gasteiger partial charge in [0, 0.05) is 28.0 Å². The normalized spacial score (nSPS) is 11.5. The van der Waals surface area contributed by atoms with Gasteiger partial charge in [-0.15, -0.1) is 0 Å². The molecule has 0 bridgehead atoms. The van der Waals surface area contributed by atoms with Gasteiger partial charge >= 0.3 is 0 Å². The van der Waals surface area contributed by atoms with Crippen molar-refractivity contribution in [2.24, 2.45) is 0 Å². The van der Waals surface area contributed by atoms with Gasteiger partial charge in [0.15, 0.2) is 9.84 Å². The smallest absolute Gasteiger partial charge is 0.175 e. The number of halogens is 1. The minimum absolute atomic E-state index is 0.299. The van der Waals surface area contributed by atoms with E-state index in [1.165, 1.54) is 6.26 Å². The van der Waals surface area contributed by atoms with E-state index < -0.39 is 9.84 Å². The summed E-state index contributed by atoms with van der Waals surface area (Å²) >= 11 is 3.45. The molecule has 0 aliphatic heterocycles. The summed E-state index contributed by atoms with van der Waals surface area (Å²) in [6.07, 6.45) is 2.93. The minimum Gasteiger partial charge on any atom is -0.340 e. The molecule has 0 fully saturated rings. The van der Waals surface area contributed by atoms with Crippen LogP contribution in [0.1, 0.15) is 0 Å². The molecule has 0 aliphatic carbocycles. The number of rotatable bonds is 3. The van der Waals surface area contributed by atoms with Crippen molar-refractivity contribution in [1.29, 1.82) is 0 Å². The number of fused-ring (bicyclic) bond motifs is 1. The lowest BCUT2D eigenvalue weighted by Crippen LogP contribution is -1.98. The lowest BCUT2D eigenvalue weighted by atomic mass is 10.1. The van der Waals surface area contributed by atoms with Crippen molar-refractivity contribution < 1.29 is 8.42 Å². The van der Waals surface area contributed by atoms with Crippen LogP contribution in [0, 0.1) is 0 Å².